The Labute approximate surface area is 119 Å². The first-order valence-corrected chi connectivity index (χ1v) is 7.83. The van der Waals surface area contributed by atoms with Gasteiger partial charge in [-0.05, 0) is 36.4 Å². The van der Waals surface area contributed by atoms with Gasteiger partial charge in [-0.25, -0.2) is 0 Å². The summed E-state index contributed by atoms with van der Waals surface area (Å²) >= 11 is 1.95. The number of rotatable bonds is 3. The molecule has 0 radical (unpaired) electrons. The standard InChI is InChI=1S/C17H21NS/c1-10(2)18-9-14-11(3)12(4)17-16(14)13-7-5-6-8-15(13)19-17/h5-8,10,14,18H,9H2,1-4H3. The van der Waals surface area contributed by atoms with Gasteiger partial charge < -0.3 is 5.32 Å². The lowest BCUT2D eigenvalue weighted by Gasteiger charge is -2.17. The molecule has 0 saturated heterocycles. The number of hydrogen-bond donors (Lipinski definition) is 1. The van der Waals surface area contributed by atoms with Gasteiger partial charge in [-0.1, -0.05) is 37.6 Å². The highest BCUT2D eigenvalue weighted by molar-refractivity contribution is 7.20. The molecule has 1 atom stereocenters. The molecule has 3 rings (SSSR count). The Hall–Kier alpha value is -1.12. The molecule has 1 N–H and O–H groups in total. The second-order valence-corrected chi connectivity index (χ2v) is 6.82. The van der Waals surface area contributed by atoms with E-state index in [0.29, 0.717) is 12.0 Å². The zero-order chi connectivity index (χ0) is 13.6. The van der Waals surface area contributed by atoms with Crippen molar-refractivity contribution in [1.29, 1.82) is 0 Å². The number of allylic oxidation sites excluding steroid dienone is 1. The highest BCUT2D eigenvalue weighted by Gasteiger charge is 2.30. The molecule has 1 nitrogen and oxygen atoms in total. The van der Waals surface area contributed by atoms with Gasteiger partial charge in [0.25, 0.3) is 0 Å². The third-order valence-electron chi connectivity index (χ3n) is 4.17. The Morgan fingerprint density at radius 3 is 2.68 bits per heavy atom. The lowest BCUT2D eigenvalue weighted by atomic mass is 9.95. The summed E-state index contributed by atoms with van der Waals surface area (Å²) < 4.78 is 1.42. The third kappa shape index (κ3) is 2.03. The lowest BCUT2D eigenvalue weighted by molar-refractivity contribution is 0.562. The van der Waals surface area contributed by atoms with Gasteiger partial charge in [0.2, 0.25) is 0 Å². The fourth-order valence-corrected chi connectivity index (χ4v) is 4.29. The molecule has 1 aliphatic carbocycles. The van der Waals surface area contributed by atoms with Crippen LogP contribution in [0.1, 0.15) is 44.1 Å². The summed E-state index contributed by atoms with van der Waals surface area (Å²) in [6.07, 6.45) is 0. The van der Waals surface area contributed by atoms with Crippen LogP contribution in [0.4, 0.5) is 0 Å². The van der Waals surface area contributed by atoms with E-state index in [1.165, 1.54) is 20.5 Å². The minimum atomic E-state index is 0.544. The van der Waals surface area contributed by atoms with Crippen LogP contribution in [-0.4, -0.2) is 12.6 Å². The molecular formula is C17H21NS. The van der Waals surface area contributed by atoms with Gasteiger partial charge in [-0.2, -0.15) is 0 Å². The highest BCUT2D eigenvalue weighted by Crippen LogP contribution is 2.49. The van der Waals surface area contributed by atoms with Gasteiger partial charge >= 0.3 is 0 Å². The van der Waals surface area contributed by atoms with E-state index in [1.54, 1.807) is 11.1 Å². The molecule has 1 unspecified atom stereocenters. The van der Waals surface area contributed by atoms with Crippen LogP contribution in [0, 0.1) is 0 Å². The van der Waals surface area contributed by atoms with Crippen LogP contribution in [0.2, 0.25) is 0 Å². The van der Waals surface area contributed by atoms with E-state index < -0.39 is 0 Å². The Balaban J connectivity index is 2.09. The van der Waals surface area contributed by atoms with Crippen molar-refractivity contribution in [3.63, 3.8) is 0 Å². The fraction of sp³-hybridized carbons (Fsp3) is 0.412. The summed E-state index contributed by atoms with van der Waals surface area (Å²) in [7, 11) is 0. The lowest BCUT2D eigenvalue weighted by Crippen LogP contribution is -2.27. The molecule has 1 aliphatic rings. The largest absolute Gasteiger partial charge is 0.314 e. The van der Waals surface area contributed by atoms with E-state index in [0.717, 1.165) is 6.54 Å². The summed E-state index contributed by atoms with van der Waals surface area (Å²) in [5.74, 6) is 0.550. The first-order chi connectivity index (χ1) is 9.09. The zero-order valence-corrected chi connectivity index (χ0v) is 12.9. The van der Waals surface area contributed by atoms with Crippen LogP contribution in [0.25, 0.3) is 15.7 Å². The molecule has 0 saturated carbocycles. The average Bonchev–Trinajstić information content (AvgIpc) is 2.86. The molecular weight excluding hydrogens is 250 g/mol. The normalized spacial score (nSPS) is 18.7. The monoisotopic (exact) mass is 271 g/mol. The van der Waals surface area contributed by atoms with Crippen LogP contribution in [0.5, 0.6) is 0 Å². The smallest absolute Gasteiger partial charge is 0.0352 e. The van der Waals surface area contributed by atoms with Crippen LogP contribution in [-0.2, 0) is 0 Å². The number of fused-ring (bicyclic) bond motifs is 3. The average molecular weight is 271 g/mol. The summed E-state index contributed by atoms with van der Waals surface area (Å²) in [5, 5.41) is 5.06. The van der Waals surface area contributed by atoms with Gasteiger partial charge in [0.05, 0.1) is 0 Å². The maximum atomic E-state index is 3.60. The molecule has 19 heavy (non-hydrogen) atoms. The second-order valence-electron chi connectivity index (χ2n) is 5.76. The first-order valence-electron chi connectivity index (χ1n) is 7.02. The number of thiophene rings is 1. The van der Waals surface area contributed by atoms with Crippen molar-refractivity contribution >= 4 is 27.0 Å². The van der Waals surface area contributed by atoms with E-state index in [2.05, 4.69) is 57.3 Å². The molecule has 0 bridgehead atoms. The summed E-state index contributed by atoms with van der Waals surface area (Å²) in [6.45, 7) is 10.1. The molecule has 0 aliphatic heterocycles. The van der Waals surface area contributed by atoms with Crippen molar-refractivity contribution < 1.29 is 0 Å². The van der Waals surface area contributed by atoms with E-state index >= 15 is 0 Å². The van der Waals surface area contributed by atoms with Crippen molar-refractivity contribution in [2.24, 2.45) is 0 Å². The van der Waals surface area contributed by atoms with E-state index in [1.807, 2.05) is 11.3 Å². The summed E-state index contributed by atoms with van der Waals surface area (Å²) in [5.41, 5.74) is 4.59. The van der Waals surface area contributed by atoms with Crippen LogP contribution in [0.3, 0.4) is 0 Å². The number of benzene rings is 1. The maximum absolute atomic E-state index is 3.60. The van der Waals surface area contributed by atoms with Crippen molar-refractivity contribution in [3.8, 4) is 0 Å². The Morgan fingerprint density at radius 1 is 1.21 bits per heavy atom. The molecule has 2 heteroatoms. The summed E-state index contributed by atoms with van der Waals surface area (Å²) in [6, 6.07) is 9.36. The summed E-state index contributed by atoms with van der Waals surface area (Å²) in [4.78, 5) is 1.51. The topological polar surface area (TPSA) is 12.0 Å². The van der Waals surface area contributed by atoms with Gasteiger partial charge in [0.15, 0.2) is 0 Å². The fourth-order valence-electron chi connectivity index (χ4n) is 2.96. The minimum absolute atomic E-state index is 0.544. The zero-order valence-electron chi connectivity index (χ0n) is 12.1. The Kier molecular flexibility index (Phi) is 3.23. The van der Waals surface area contributed by atoms with Crippen molar-refractivity contribution in [2.45, 2.75) is 39.7 Å². The molecule has 1 aromatic carbocycles. The number of hydrogen-bond acceptors (Lipinski definition) is 2. The van der Waals surface area contributed by atoms with Crippen molar-refractivity contribution in [3.05, 3.63) is 40.3 Å². The van der Waals surface area contributed by atoms with Crippen molar-refractivity contribution in [2.75, 3.05) is 6.54 Å². The van der Waals surface area contributed by atoms with Crippen LogP contribution < -0.4 is 5.32 Å². The third-order valence-corrected chi connectivity index (χ3v) is 5.47. The molecule has 2 aromatic rings. The van der Waals surface area contributed by atoms with Crippen molar-refractivity contribution in [1.82, 2.24) is 5.32 Å². The van der Waals surface area contributed by atoms with Gasteiger partial charge in [-0.3, -0.25) is 0 Å². The highest BCUT2D eigenvalue weighted by atomic mass is 32.1. The Bertz CT molecular complexity index is 648. The second kappa shape index (κ2) is 4.77. The molecule has 1 heterocycles. The van der Waals surface area contributed by atoms with Crippen LogP contribution >= 0.6 is 11.3 Å². The molecule has 0 spiro atoms. The van der Waals surface area contributed by atoms with Gasteiger partial charge in [0, 0.05) is 28.1 Å². The van der Waals surface area contributed by atoms with Crippen LogP contribution in [0.15, 0.2) is 29.8 Å². The SMILES string of the molecule is CC1=C(C)C(CNC(C)C)c2c1sc1ccccc21. The quantitative estimate of drug-likeness (QED) is 0.846. The number of nitrogens with one attached hydrogen (secondary N) is 1. The van der Waals surface area contributed by atoms with E-state index in [-0.39, 0.29) is 0 Å². The maximum Gasteiger partial charge on any atom is 0.0352 e. The molecule has 0 fully saturated rings. The minimum Gasteiger partial charge on any atom is -0.314 e. The van der Waals surface area contributed by atoms with Gasteiger partial charge in [-0.15, -0.1) is 11.3 Å². The van der Waals surface area contributed by atoms with E-state index in [9.17, 15) is 0 Å². The predicted octanol–water partition coefficient (Wildman–Crippen LogP) is 4.79. The molecule has 100 valence electrons. The molecule has 0 amide bonds. The Morgan fingerprint density at radius 2 is 1.95 bits per heavy atom. The first kappa shape index (κ1) is 12.9. The molecule has 1 aromatic heterocycles. The predicted molar refractivity (Wildman–Crippen MR) is 86.0 cm³/mol. The van der Waals surface area contributed by atoms with E-state index in [4.69, 9.17) is 0 Å². The van der Waals surface area contributed by atoms with Gasteiger partial charge in [0.1, 0.15) is 0 Å².